The number of hydrogen-bond acceptors (Lipinski definition) is 8. The summed E-state index contributed by atoms with van der Waals surface area (Å²) >= 11 is 1.00. The molecule has 0 saturated heterocycles. The zero-order chi connectivity index (χ0) is 25.3. The first-order chi connectivity index (χ1) is 16.1. The van der Waals surface area contributed by atoms with E-state index in [4.69, 9.17) is 5.26 Å². The number of aliphatic hydroxyl groups is 1. The Balaban J connectivity index is 2.42. The molecule has 0 radical (unpaired) electrons. The second-order valence-corrected chi connectivity index (χ2v) is 8.26. The van der Waals surface area contributed by atoms with Gasteiger partial charge >= 0.3 is 0 Å². The van der Waals surface area contributed by atoms with Gasteiger partial charge in [-0.15, -0.1) is 0 Å². The molecule has 10 nitrogen and oxygen atoms in total. The number of nitriles is 2. The summed E-state index contributed by atoms with van der Waals surface area (Å²) in [6.07, 6.45) is 1.42. The predicted octanol–water partition coefficient (Wildman–Crippen LogP) is 0.113. The van der Waals surface area contributed by atoms with Crippen molar-refractivity contribution in [2.24, 2.45) is 0 Å². The maximum Gasteiger partial charge on any atom is 0.277 e. The van der Waals surface area contributed by atoms with Crippen molar-refractivity contribution in [3.8, 4) is 12.1 Å². The molecule has 0 bridgehead atoms. The van der Waals surface area contributed by atoms with E-state index in [0.29, 0.717) is 11.4 Å². The van der Waals surface area contributed by atoms with Crippen LogP contribution >= 0.6 is 11.3 Å². The van der Waals surface area contributed by atoms with Crippen molar-refractivity contribution in [1.82, 2.24) is 9.88 Å². The average Bonchev–Trinajstić information content (AvgIpc) is 3.09. The Hall–Kier alpha value is -4.37. The van der Waals surface area contributed by atoms with Crippen molar-refractivity contribution in [2.75, 3.05) is 17.2 Å². The molecule has 2 amide bonds. The first-order valence-electron chi connectivity index (χ1n) is 10.0. The van der Waals surface area contributed by atoms with Crippen molar-refractivity contribution < 1.29 is 14.7 Å². The fraction of sp³-hybridized carbons (Fsp3) is 0.261. The number of benzene rings is 1. The number of nitrogens with one attached hydrogen (secondary N) is 3. The number of nitrogens with zero attached hydrogens (tertiary/aromatic N) is 3. The Bertz CT molecular complexity index is 1440. The Morgan fingerprint density at radius 3 is 2.59 bits per heavy atom. The molecule has 0 atom stereocenters. The molecule has 2 rings (SSSR count). The van der Waals surface area contributed by atoms with Gasteiger partial charge in [-0.3, -0.25) is 19.0 Å². The molecule has 1 heterocycles. The van der Waals surface area contributed by atoms with E-state index in [9.17, 15) is 24.8 Å². The van der Waals surface area contributed by atoms with Gasteiger partial charge in [0.05, 0.1) is 6.07 Å². The molecule has 0 unspecified atom stereocenters. The third-order valence-corrected chi connectivity index (χ3v) is 5.23. The van der Waals surface area contributed by atoms with Crippen molar-refractivity contribution in [2.45, 2.75) is 32.9 Å². The van der Waals surface area contributed by atoms with E-state index >= 15 is 0 Å². The topological polar surface area (TPSA) is 160 Å². The lowest BCUT2D eigenvalue weighted by molar-refractivity contribution is -0.130. The summed E-state index contributed by atoms with van der Waals surface area (Å²) in [5.74, 6) is -1.31. The quantitative estimate of drug-likeness (QED) is 0.250. The SMILES string of the molecule is CCn1c(=C=C(C#N)C(=O)NCC#N)sc(=C=CNc2cccc(NC(=O)C(C)(C)O)c2)c1=O. The molecule has 0 aliphatic rings. The van der Waals surface area contributed by atoms with Crippen molar-refractivity contribution in [1.29, 1.82) is 10.5 Å². The van der Waals surface area contributed by atoms with Gasteiger partial charge in [-0.25, -0.2) is 0 Å². The highest BCUT2D eigenvalue weighted by Gasteiger charge is 2.23. The van der Waals surface area contributed by atoms with Crippen molar-refractivity contribution in [3.63, 3.8) is 0 Å². The molecule has 34 heavy (non-hydrogen) atoms. The molecule has 0 fully saturated rings. The highest BCUT2D eigenvalue weighted by molar-refractivity contribution is 7.07. The number of amides is 2. The molecule has 0 saturated carbocycles. The number of carbonyl (C=O) groups excluding carboxylic acids is 2. The van der Waals surface area contributed by atoms with Crippen LogP contribution in [0, 0.1) is 22.7 Å². The van der Waals surface area contributed by atoms with E-state index in [1.54, 1.807) is 43.3 Å². The minimum atomic E-state index is -1.53. The molecular formula is C23H22N6O4S. The molecule has 174 valence electrons. The first-order valence-corrected chi connectivity index (χ1v) is 10.8. The van der Waals surface area contributed by atoms with Gasteiger partial charge in [-0.2, -0.15) is 10.5 Å². The Kier molecular flexibility index (Phi) is 8.74. The molecule has 1 aromatic carbocycles. The van der Waals surface area contributed by atoms with Crippen LogP contribution in [0.4, 0.5) is 11.4 Å². The highest BCUT2D eigenvalue weighted by atomic mass is 32.1. The van der Waals surface area contributed by atoms with Crippen LogP contribution in [0.15, 0.2) is 40.8 Å². The van der Waals surface area contributed by atoms with Gasteiger partial charge in [0, 0.05) is 24.1 Å². The Morgan fingerprint density at radius 2 is 1.97 bits per heavy atom. The summed E-state index contributed by atoms with van der Waals surface area (Å²) < 4.78 is 1.84. The number of hydrogen-bond donors (Lipinski definition) is 4. The summed E-state index contributed by atoms with van der Waals surface area (Å²) in [4.78, 5) is 36.6. The van der Waals surface area contributed by atoms with E-state index in [1.807, 2.05) is 0 Å². The van der Waals surface area contributed by atoms with Gasteiger partial charge < -0.3 is 21.1 Å². The number of aromatic nitrogens is 1. The predicted molar refractivity (Wildman–Crippen MR) is 128 cm³/mol. The van der Waals surface area contributed by atoms with Gasteiger partial charge in [0.25, 0.3) is 17.4 Å². The highest BCUT2D eigenvalue weighted by Crippen LogP contribution is 2.16. The van der Waals surface area contributed by atoms with E-state index in [2.05, 4.69) is 27.4 Å². The average molecular weight is 479 g/mol. The molecule has 0 aliphatic heterocycles. The van der Waals surface area contributed by atoms with Gasteiger partial charge in [0.15, 0.2) is 5.57 Å². The van der Waals surface area contributed by atoms with Gasteiger partial charge in [0.1, 0.15) is 27.4 Å². The number of anilines is 2. The summed E-state index contributed by atoms with van der Waals surface area (Å²) in [6.45, 7) is 4.53. The second-order valence-electron chi connectivity index (χ2n) is 7.27. The lowest BCUT2D eigenvalue weighted by Crippen LogP contribution is -2.36. The van der Waals surface area contributed by atoms with Crippen LogP contribution in [-0.4, -0.2) is 33.6 Å². The third-order valence-electron chi connectivity index (χ3n) is 4.22. The van der Waals surface area contributed by atoms with Crippen LogP contribution in [0.2, 0.25) is 0 Å². The first kappa shape index (κ1) is 25.9. The zero-order valence-corrected chi connectivity index (χ0v) is 19.5. The van der Waals surface area contributed by atoms with Crippen molar-refractivity contribution >= 4 is 46.0 Å². The van der Waals surface area contributed by atoms with Crippen LogP contribution in [0.1, 0.15) is 20.8 Å². The maximum atomic E-state index is 12.7. The van der Waals surface area contributed by atoms with E-state index in [-0.39, 0.29) is 33.4 Å². The normalized spacial score (nSPS) is 10.1. The smallest absolute Gasteiger partial charge is 0.277 e. The Morgan fingerprint density at radius 1 is 1.26 bits per heavy atom. The van der Waals surface area contributed by atoms with E-state index in [1.165, 1.54) is 24.6 Å². The van der Waals surface area contributed by atoms with E-state index < -0.39 is 17.4 Å². The van der Waals surface area contributed by atoms with Crippen LogP contribution in [-0.2, 0) is 16.1 Å². The largest absolute Gasteiger partial charge is 0.381 e. The lowest BCUT2D eigenvalue weighted by Gasteiger charge is -2.16. The summed E-state index contributed by atoms with van der Waals surface area (Å²) in [7, 11) is 0. The number of thiazole rings is 1. The van der Waals surface area contributed by atoms with Crippen LogP contribution < -0.4 is 30.7 Å². The molecule has 4 N–H and O–H groups in total. The molecular weight excluding hydrogens is 456 g/mol. The zero-order valence-electron chi connectivity index (χ0n) is 18.7. The molecule has 0 spiro atoms. The summed E-state index contributed by atoms with van der Waals surface area (Å²) in [6, 6.07) is 10.2. The summed E-state index contributed by atoms with van der Waals surface area (Å²) in [5.41, 5.74) is 4.31. The second kappa shape index (κ2) is 11.5. The van der Waals surface area contributed by atoms with Crippen LogP contribution in [0.5, 0.6) is 0 Å². The van der Waals surface area contributed by atoms with Crippen LogP contribution in [0.3, 0.4) is 0 Å². The fourth-order valence-corrected chi connectivity index (χ4v) is 3.47. The minimum absolute atomic E-state index is 0.220. The van der Waals surface area contributed by atoms with E-state index in [0.717, 1.165) is 11.3 Å². The number of carbonyl (C=O) groups is 2. The minimum Gasteiger partial charge on any atom is -0.381 e. The Labute approximate surface area is 199 Å². The standard InChI is InChI=1S/C23H22N6O4S/c1-4-29-19(12-15(14-25)20(30)27-11-9-24)34-18(21(29)31)8-10-26-16-6-5-7-17(13-16)28-22(32)23(2,3)33/h5-7,10,13,26,33H,4,11H2,1-3H3,(H,27,30)(H,28,32). The van der Waals surface area contributed by atoms with Crippen molar-refractivity contribution in [3.05, 3.63) is 55.6 Å². The number of rotatable bonds is 7. The monoisotopic (exact) mass is 478 g/mol. The molecule has 2 aromatic rings. The summed E-state index contributed by atoms with van der Waals surface area (Å²) in [5, 5.41) is 35.4. The fourth-order valence-electron chi connectivity index (χ4n) is 2.49. The molecule has 0 aliphatic carbocycles. The lowest BCUT2D eigenvalue weighted by atomic mass is 10.1. The maximum absolute atomic E-state index is 12.7. The van der Waals surface area contributed by atoms with Gasteiger partial charge in [0.2, 0.25) is 0 Å². The molecule has 11 heteroatoms. The molecule has 1 aromatic heterocycles. The van der Waals surface area contributed by atoms with Gasteiger partial charge in [-0.05, 0) is 39.0 Å². The van der Waals surface area contributed by atoms with Crippen LogP contribution in [0.25, 0.3) is 11.5 Å². The third kappa shape index (κ3) is 6.81. The van der Waals surface area contributed by atoms with Gasteiger partial charge in [-0.1, -0.05) is 28.9 Å².